The Bertz CT molecular complexity index is 656. The van der Waals surface area contributed by atoms with E-state index >= 15 is 0 Å². The van der Waals surface area contributed by atoms with Crippen LogP contribution in [0.25, 0.3) is 0 Å². The molecule has 0 bridgehead atoms. The summed E-state index contributed by atoms with van der Waals surface area (Å²) in [5, 5.41) is 4.59. The van der Waals surface area contributed by atoms with Crippen molar-refractivity contribution in [1.82, 2.24) is 15.2 Å². The Morgan fingerprint density at radius 3 is 2.83 bits per heavy atom. The topological polar surface area (TPSA) is 40.5 Å². The first kappa shape index (κ1) is 19.2. The number of thiazole rings is 1. The van der Waals surface area contributed by atoms with Gasteiger partial charge in [-0.25, -0.2) is 4.98 Å². The Morgan fingerprint density at radius 2 is 2.17 bits per heavy atom. The van der Waals surface area contributed by atoms with Gasteiger partial charge in [-0.1, -0.05) is 37.3 Å². The minimum Gasteiger partial charge on any atom is -0.350 e. The number of halogens is 1. The van der Waals surface area contributed by atoms with Gasteiger partial charge in [-0.05, 0) is 18.4 Å². The first-order valence-corrected chi connectivity index (χ1v) is 9.06. The van der Waals surface area contributed by atoms with Crippen molar-refractivity contribution in [3.8, 4) is 0 Å². The number of likely N-dealkylation sites (tertiary alicyclic amines) is 1. The van der Waals surface area contributed by atoms with E-state index in [0.29, 0.717) is 5.92 Å². The fourth-order valence-electron chi connectivity index (χ4n) is 3.03. The fourth-order valence-corrected chi connectivity index (χ4v) is 3.83. The van der Waals surface area contributed by atoms with Crippen molar-refractivity contribution in [3.05, 3.63) is 52.0 Å². The zero-order chi connectivity index (χ0) is 16.1. The molecule has 24 heavy (non-hydrogen) atoms. The van der Waals surface area contributed by atoms with E-state index in [1.54, 1.807) is 11.3 Å². The Hall–Kier alpha value is -1.15. The molecule has 1 fully saturated rings. The summed E-state index contributed by atoms with van der Waals surface area (Å²) < 4.78 is 0. The number of aryl methyl sites for hydroxylation is 1. The zero-order valence-corrected chi connectivity index (χ0v) is 17.4. The van der Waals surface area contributed by atoms with Gasteiger partial charge in [-0.2, -0.15) is 0 Å². The predicted octanol–water partition coefficient (Wildman–Crippen LogP) is 3.89. The number of aliphatic imine (C=N–C) groups is 1. The molecule has 130 valence electrons. The first-order valence-electron chi connectivity index (χ1n) is 8.24. The highest BCUT2D eigenvalue weighted by Gasteiger charge is 2.25. The molecule has 0 radical (unpaired) electrons. The van der Waals surface area contributed by atoms with Gasteiger partial charge in [0, 0.05) is 37.1 Å². The van der Waals surface area contributed by atoms with Gasteiger partial charge in [-0.3, -0.25) is 4.99 Å². The van der Waals surface area contributed by atoms with Crippen LogP contribution in [-0.2, 0) is 13.0 Å². The van der Waals surface area contributed by atoms with Crippen LogP contribution in [0.1, 0.15) is 34.7 Å². The average molecular weight is 456 g/mol. The molecule has 1 atom stereocenters. The Labute approximate surface area is 165 Å². The largest absolute Gasteiger partial charge is 0.350 e. The number of nitrogens with one attached hydrogen (secondary N) is 1. The van der Waals surface area contributed by atoms with Gasteiger partial charge in [0.1, 0.15) is 5.01 Å². The van der Waals surface area contributed by atoms with Crippen molar-refractivity contribution in [2.24, 2.45) is 4.99 Å². The number of hydrogen-bond donors (Lipinski definition) is 1. The van der Waals surface area contributed by atoms with Gasteiger partial charge in [0.05, 0.1) is 6.54 Å². The lowest BCUT2D eigenvalue weighted by Crippen LogP contribution is -2.39. The minimum atomic E-state index is 0. The molecule has 1 aromatic heterocycles. The highest BCUT2D eigenvalue weighted by atomic mass is 127. The standard InChI is InChI=1S/C18H24N4S.HI/c1-3-16-11-20-17(23-16)12-21-18(19-2)22-10-9-15(13-22)14-7-5-4-6-8-14;/h4-8,11,15H,3,9-10,12-13H2,1-2H3,(H,19,21);1H. The molecule has 3 rings (SSSR count). The third-order valence-electron chi connectivity index (χ3n) is 4.32. The van der Waals surface area contributed by atoms with Crippen molar-refractivity contribution < 1.29 is 0 Å². The molecule has 0 amide bonds. The number of hydrogen-bond acceptors (Lipinski definition) is 3. The van der Waals surface area contributed by atoms with Crippen molar-refractivity contribution in [2.45, 2.75) is 32.2 Å². The lowest BCUT2D eigenvalue weighted by atomic mass is 9.99. The molecule has 1 saturated heterocycles. The van der Waals surface area contributed by atoms with Crippen LogP contribution in [0, 0.1) is 0 Å². The summed E-state index contributed by atoms with van der Waals surface area (Å²) in [6, 6.07) is 10.8. The van der Waals surface area contributed by atoms with Crippen LogP contribution in [0.3, 0.4) is 0 Å². The SMILES string of the molecule is CCc1cnc(CNC(=NC)N2CCC(c3ccccc3)C2)s1.I. The van der Waals surface area contributed by atoms with Crippen LogP contribution >= 0.6 is 35.3 Å². The Kier molecular flexibility index (Phi) is 7.48. The molecule has 1 aliphatic rings. The molecule has 1 unspecified atom stereocenters. The third-order valence-corrected chi connectivity index (χ3v) is 5.46. The van der Waals surface area contributed by atoms with E-state index in [0.717, 1.165) is 37.0 Å². The number of aromatic nitrogens is 1. The highest BCUT2D eigenvalue weighted by Crippen LogP contribution is 2.26. The quantitative estimate of drug-likeness (QED) is 0.431. The van der Waals surface area contributed by atoms with Gasteiger partial charge >= 0.3 is 0 Å². The van der Waals surface area contributed by atoms with E-state index in [2.05, 4.69) is 57.4 Å². The summed E-state index contributed by atoms with van der Waals surface area (Å²) in [4.78, 5) is 12.6. The van der Waals surface area contributed by atoms with E-state index < -0.39 is 0 Å². The monoisotopic (exact) mass is 456 g/mol. The lowest BCUT2D eigenvalue weighted by Gasteiger charge is -2.21. The fraction of sp³-hybridized carbons (Fsp3) is 0.444. The van der Waals surface area contributed by atoms with Crippen LogP contribution in [-0.4, -0.2) is 36.0 Å². The normalized spacial score (nSPS) is 17.7. The van der Waals surface area contributed by atoms with E-state index in [9.17, 15) is 0 Å². The van der Waals surface area contributed by atoms with Crippen LogP contribution in [0.4, 0.5) is 0 Å². The smallest absolute Gasteiger partial charge is 0.194 e. The second-order valence-electron chi connectivity index (χ2n) is 5.82. The molecule has 1 aliphatic heterocycles. The maximum Gasteiger partial charge on any atom is 0.194 e. The second kappa shape index (κ2) is 9.36. The summed E-state index contributed by atoms with van der Waals surface area (Å²) in [5.41, 5.74) is 1.43. The molecule has 0 spiro atoms. The van der Waals surface area contributed by atoms with Crippen LogP contribution in [0.15, 0.2) is 41.5 Å². The second-order valence-corrected chi connectivity index (χ2v) is 7.02. The lowest BCUT2D eigenvalue weighted by molar-refractivity contribution is 0.485. The third kappa shape index (κ3) is 4.69. The van der Waals surface area contributed by atoms with E-state index in [1.165, 1.54) is 16.9 Å². The molecule has 2 aromatic rings. The minimum absolute atomic E-state index is 0. The van der Waals surface area contributed by atoms with E-state index in [4.69, 9.17) is 0 Å². The molecule has 0 saturated carbocycles. The number of rotatable bonds is 4. The Morgan fingerprint density at radius 1 is 1.38 bits per heavy atom. The average Bonchev–Trinajstić information content (AvgIpc) is 3.26. The van der Waals surface area contributed by atoms with Gasteiger partial charge in [-0.15, -0.1) is 35.3 Å². The van der Waals surface area contributed by atoms with E-state index in [1.807, 2.05) is 13.2 Å². The van der Waals surface area contributed by atoms with Crippen LogP contribution < -0.4 is 5.32 Å². The molecule has 2 heterocycles. The summed E-state index contributed by atoms with van der Waals surface area (Å²) >= 11 is 1.78. The molecule has 0 aliphatic carbocycles. The summed E-state index contributed by atoms with van der Waals surface area (Å²) in [6.07, 6.45) is 4.21. The number of benzene rings is 1. The van der Waals surface area contributed by atoms with Crippen LogP contribution in [0.2, 0.25) is 0 Å². The van der Waals surface area contributed by atoms with Gasteiger partial charge in [0.2, 0.25) is 0 Å². The molecular formula is C18H25IN4S. The maximum atomic E-state index is 4.46. The highest BCUT2D eigenvalue weighted by molar-refractivity contribution is 14.0. The Balaban J connectivity index is 0.00000208. The molecule has 6 heteroatoms. The van der Waals surface area contributed by atoms with Gasteiger partial charge < -0.3 is 10.2 Å². The summed E-state index contributed by atoms with van der Waals surface area (Å²) in [7, 11) is 1.86. The summed E-state index contributed by atoms with van der Waals surface area (Å²) in [6.45, 7) is 5.00. The van der Waals surface area contributed by atoms with Gasteiger partial charge in [0.25, 0.3) is 0 Å². The van der Waals surface area contributed by atoms with Crippen molar-refractivity contribution in [3.63, 3.8) is 0 Å². The maximum absolute atomic E-state index is 4.46. The van der Waals surface area contributed by atoms with Crippen molar-refractivity contribution in [1.29, 1.82) is 0 Å². The molecule has 1 aromatic carbocycles. The van der Waals surface area contributed by atoms with Crippen LogP contribution in [0.5, 0.6) is 0 Å². The zero-order valence-electron chi connectivity index (χ0n) is 14.2. The molecule has 4 nitrogen and oxygen atoms in total. The van der Waals surface area contributed by atoms with E-state index in [-0.39, 0.29) is 24.0 Å². The summed E-state index contributed by atoms with van der Waals surface area (Å²) in [5.74, 6) is 1.58. The van der Waals surface area contributed by atoms with Crippen molar-refractivity contribution >= 4 is 41.3 Å². The molecule has 1 N–H and O–H groups in total. The van der Waals surface area contributed by atoms with Crippen molar-refractivity contribution in [2.75, 3.05) is 20.1 Å². The predicted molar refractivity (Wildman–Crippen MR) is 112 cm³/mol. The van der Waals surface area contributed by atoms with Gasteiger partial charge in [0.15, 0.2) is 5.96 Å². The number of nitrogens with zero attached hydrogens (tertiary/aromatic N) is 3. The number of guanidine groups is 1. The first-order chi connectivity index (χ1) is 11.3. The molecular weight excluding hydrogens is 431 g/mol.